The van der Waals surface area contributed by atoms with Gasteiger partial charge in [-0.15, -0.1) is 0 Å². The molecule has 0 saturated carbocycles. The van der Waals surface area contributed by atoms with Crippen LogP contribution < -0.4 is 0 Å². The van der Waals surface area contributed by atoms with E-state index >= 15 is 0 Å². The lowest BCUT2D eigenvalue weighted by Gasteiger charge is -2.10. The summed E-state index contributed by atoms with van der Waals surface area (Å²) in [5.74, 6) is -1.85. The Balaban J connectivity index is 2.77. The van der Waals surface area contributed by atoms with Crippen molar-refractivity contribution in [3.63, 3.8) is 0 Å². The molecule has 0 fully saturated rings. The molecule has 0 unspecified atom stereocenters. The van der Waals surface area contributed by atoms with Gasteiger partial charge in [0.15, 0.2) is 0 Å². The van der Waals surface area contributed by atoms with Crippen LogP contribution in [0.1, 0.15) is 16.1 Å². The lowest BCUT2D eigenvalue weighted by atomic mass is 10.2. The summed E-state index contributed by atoms with van der Waals surface area (Å²) in [6, 6.07) is 6.70. The molecule has 1 aromatic heterocycles. The third-order valence-corrected chi connectivity index (χ3v) is 2.66. The molecular weight excluding hydrogens is 231 g/mol. The second kappa shape index (κ2) is 3.61. The molecule has 0 saturated heterocycles. The fourth-order valence-corrected chi connectivity index (χ4v) is 1.96. The van der Waals surface area contributed by atoms with E-state index in [0.717, 1.165) is 4.57 Å². The predicted molar refractivity (Wildman–Crippen MR) is 58.1 cm³/mol. The molecule has 0 spiro atoms. The van der Waals surface area contributed by atoms with Crippen molar-refractivity contribution in [2.75, 3.05) is 0 Å². The Hall–Kier alpha value is -1.78. The minimum atomic E-state index is -4.86. The molecule has 90 valence electrons. The number of aryl methyl sites for hydroxylation is 2. The van der Waals surface area contributed by atoms with Gasteiger partial charge >= 0.3 is 12.1 Å². The van der Waals surface area contributed by atoms with Crippen molar-refractivity contribution in [2.24, 2.45) is 0 Å². The molecule has 0 aliphatic rings. The topological polar surface area (TPSA) is 22.0 Å². The summed E-state index contributed by atoms with van der Waals surface area (Å²) in [5, 5.41) is 0.639. The number of benzene rings is 1. The first-order valence-corrected chi connectivity index (χ1v) is 5.01. The summed E-state index contributed by atoms with van der Waals surface area (Å²) in [6.45, 7) is 3.17. The quantitative estimate of drug-likeness (QED) is 0.692. The van der Waals surface area contributed by atoms with Crippen molar-refractivity contribution in [3.05, 3.63) is 35.5 Å². The van der Waals surface area contributed by atoms with E-state index in [2.05, 4.69) is 0 Å². The predicted octanol–water partition coefficient (Wildman–Crippen LogP) is 3.46. The first kappa shape index (κ1) is 11.7. The Bertz CT molecular complexity index is 596. The Labute approximate surface area is 95.7 Å². The van der Waals surface area contributed by atoms with Crippen LogP contribution in [-0.4, -0.2) is 16.7 Å². The van der Waals surface area contributed by atoms with Crippen LogP contribution in [-0.2, 0) is 0 Å². The van der Waals surface area contributed by atoms with Crippen LogP contribution >= 0.6 is 0 Å². The number of fused-ring (bicyclic) bond motifs is 1. The van der Waals surface area contributed by atoms with Gasteiger partial charge < -0.3 is 0 Å². The zero-order valence-electron chi connectivity index (χ0n) is 9.30. The van der Waals surface area contributed by atoms with Gasteiger partial charge in [-0.1, -0.05) is 18.2 Å². The number of nitrogens with zero attached hydrogens (tertiary/aromatic N) is 1. The Morgan fingerprint density at radius 2 is 1.88 bits per heavy atom. The minimum Gasteiger partial charge on any atom is -0.276 e. The molecule has 2 nitrogen and oxygen atoms in total. The molecule has 2 rings (SSSR count). The molecule has 0 bridgehead atoms. The normalized spacial score (nSPS) is 12.1. The molecule has 0 aliphatic carbocycles. The van der Waals surface area contributed by atoms with Gasteiger partial charge in [0.2, 0.25) is 0 Å². The van der Waals surface area contributed by atoms with Crippen LogP contribution in [0.2, 0.25) is 0 Å². The second-order valence-electron chi connectivity index (χ2n) is 3.94. The summed E-state index contributed by atoms with van der Waals surface area (Å²) in [5.41, 5.74) is 1.26. The molecule has 1 heterocycles. The highest BCUT2D eigenvalue weighted by molar-refractivity contribution is 5.97. The van der Waals surface area contributed by atoms with Gasteiger partial charge in [0.05, 0.1) is 5.52 Å². The first-order valence-electron chi connectivity index (χ1n) is 5.01. The number of carbonyl (C=O) groups is 1. The van der Waals surface area contributed by atoms with Crippen molar-refractivity contribution < 1.29 is 18.0 Å². The second-order valence-corrected chi connectivity index (χ2v) is 3.94. The highest BCUT2D eigenvalue weighted by Crippen LogP contribution is 2.27. The van der Waals surface area contributed by atoms with Crippen molar-refractivity contribution >= 4 is 16.8 Å². The highest BCUT2D eigenvalue weighted by atomic mass is 19.4. The summed E-state index contributed by atoms with van der Waals surface area (Å²) in [7, 11) is 0. The molecule has 0 aliphatic heterocycles. The number of carbonyl (C=O) groups excluding carboxylic acids is 1. The van der Waals surface area contributed by atoms with E-state index in [1.54, 1.807) is 31.2 Å². The standard InChI is InChI=1S/C12H10F3NO/c1-7-4-3-5-9-6-8(2)16(10(7)9)11(17)12(13,14)15/h3-6H,1-2H3. The van der Waals surface area contributed by atoms with E-state index in [1.807, 2.05) is 0 Å². The Morgan fingerprint density at radius 3 is 2.47 bits per heavy atom. The summed E-state index contributed by atoms with van der Waals surface area (Å²) >= 11 is 0. The fourth-order valence-electron chi connectivity index (χ4n) is 1.96. The van der Waals surface area contributed by atoms with Gasteiger partial charge in [0.25, 0.3) is 0 Å². The van der Waals surface area contributed by atoms with Crippen molar-refractivity contribution in [1.82, 2.24) is 4.57 Å². The van der Waals surface area contributed by atoms with Crippen molar-refractivity contribution in [1.29, 1.82) is 0 Å². The maximum absolute atomic E-state index is 12.5. The van der Waals surface area contributed by atoms with E-state index in [4.69, 9.17) is 0 Å². The molecule has 17 heavy (non-hydrogen) atoms. The summed E-state index contributed by atoms with van der Waals surface area (Å²) < 4.78 is 38.2. The maximum Gasteiger partial charge on any atom is 0.472 e. The van der Waals surface area contributed by atoms with Gasteiger partial charge in [-0.05, 0) is 25.5 Å². The number of halogens is 3. The Kier molecular flexibility index (Phi) is 2.49. The minimum absolute atomic E-state index is 0.289. The van der Waals surface area contributed by atoms with Crippen LogP contribution in [0.15, 0.2) is 24.3 Å². The van der Waals surface area contributed by atoms with Crippen molar-refractivity contribution in [3.8, 4) is 0 Å². The maximum atomic E-state index is 12.5. The number of para-hydroxylation sites is 1. The van der Waals surface area contributed by atoms with Gasteiger partial charge in [-0.3, -0.25) is 9.36 Å². The van der Waals surface area contributed by atoms with Crippen LogP contribution in [0.3, 0.4) is 0 Å². The van der Waals surface area contributed by atoms with E-state index < -0.39 is 12.1 Å². The van der Waals surface area contributed by atoms with Crippen molar-refractivity contribution in [2.45, 2.75) is 20.0 Å². The lowest BCUT2D eigenvalue weighted by Crippen LogP contribution is -2.29. The number of alkyl halides is 3. The summed E-state index contributed by atoms with van der Waals surface area (Å²) in [6.07, 6.45) is -4.86. The third kappa shape index (κ3) is 1.81. The fraction of sp³-hybridized carbons (Fsp3) is 0.250. The molecule has 2 aromatic rings. The van der Waals surface area contributed by atoms with Gasteiger partial charge in [-0.25, -0.2) is 0 Å². The van der Waals surface area contributed by atoms with Gasteiger partial charge in [-0.2, -0.15) is 13.2 Å². The first-order chi connectivity index (χ1) is 7.82. The third-order valence-electron chi connectivity index (χ3n) is 2.66. The zero-order chi connectivity index (χ0) is 12.8. The number of hydrogen-bond acceptors (Lipinski definition) is 1. The van der Waals surface area contributed by atoms with Crippen LogP contribution in [0.25, 0.3) is 10.9 Å². The monoisotopic (exact) mass is 241 g/mol. The number of aromatic nitrogens is 1. The number of rotatable bonds is 0. The van der Waals surface area contributed by atoms with Crippen LogP contribution in [0.5, 0.6) is 0 Å². The molecule has 5 heteroatoms. The van der Waals surface area contributed by atoms with Crippen LogP contribution in [0, 0.1) is 13.8 Å². The largest absolute Gasteiger partial charge is 0.472 e. The molecule has 0 N–H and O–H groups in total. The average molecular weight is 241 g/mol. The van der Waals surface area contributed by atoms with Crippen LogP contribution in [0.4, 0.5) is 13.2 Å². The molecule has 0 radical (unpaired) electrons. The molecule has 0 atom stereocenters. The highest BCUT2D eigenvalue weighted by Gasteiger charge is 2.41. The average Bonchev–Trinajstić information content (AvgIpc) is 2.53. The van der Waals surface area contributed by atoms with Gasteiger partial charge in [0, 0.05) is 11.1 Å². The lowest BCUT2D eigenvalue weighted by molar-refractivity contribution is -0.0944. The summed E-state index contributed by atoms with van der Waals surface area (Å²) in [4.78, 5) is 11.4. The molecule has 0 amide bonds. The van der Waals surface area contributed by atoms with Gasteiger partial charge in [0.1, 0.15) is 0 Å². The van der Waals surface area contributed by atoms with E-state index in [0.29, 0.717) is 16.5 Å². The van der Waals surface area contributed by atoms with E-state index in [1.165, 1.54) is 6.92 Å². The molecule has 1 aromatic carbocycles. The smallest absolute Gasteiger partial charge is 0.276 e. The Morgan fingerprint density at radius 1 is 1.24 bits per heavy atom. The SMILES string of the molecule is Cc1cccc2cc(C)n(C(=O)C(F)(F)F)c12. The van der Waals surface area contributed by atoms with E-state index in [-0.39, 0.29) is 5.69 Å². The number of hydrogen-bond donors (Lipinski definition) is 0. The zero-order valence-corrected chi connectivity index (χ0v) is 9.30. The van der Waals surface area contributed by atoms with E-state index in [9.17, 15) is 18.0 Å². The molecular formula is C12H10F3NO.